The van der Waals surface area contributed by atoms with Crippen LogP contribution in [0.5, 0.6) is 0 Å². The smallest absolute Gasteiger partial charge is 0.336 e. The Labute approximate surface area is 127 Å². The first-order chi connectivity index (χ1) is 10.4. The molecule has 1 aromatic heterocycles. The number of aromatic carboxylic acids is 1. The minimum Gasteiger partial charge on any atom is -0.482 e. The third-order valence-corrected chi connectivity index (χ3v) is 3.85. The van der Waals surface area contributed by atoms with Gasteiger partial charge in [-0.3, -0.25) is 0 Å². The molecule has 2 aromatic rings. The van der Waals surface area contributed by atoms with Crippen molar-refractivity contribution >= 4 is 5.97 Å². The minimum absolute atomic E-state index is 0.126. The normalized spacial score (nSPS) is 21.0. The Bertz CT molecular complexity index is 762. The number of hydrogen-bond acceptors (Lipinski definition) is 5. The van der Waals surface area contributed by atoms with Crippen LogP contribution in [0.2, 0.25) is 0 Å². The second-order valence-corrected chi connectivity index (χ2v) is 5.61. The molecule has 22 heavy (non-hydrogen) atoms. The van der Waals surface area contributed by atoms with Gasteiger partial charge in [0.15, 0.2) is 5.60 Å². The first-order valence-electron chi connectivity index (χ1n) is 6.93. The number of benzene rings is 1. The van der Waals surface area contributed by atoms with Crippen molar-refractivity contribution in [2.45, 2.75) is 32.8 Å². The van der Waals surface area contributed by atoms with Crippen LogP contribution in [0.4, 0.5) is 0 Å². The molecule has 0 saturated carbocycles. The molecule has 1 atom stereocenters. The molecule has 6 nitrogen and oxygen atoms in total. The lowest BCUT2D eigenvalue weighted by atomic mass is 10.00. The molecule has 0 aliphatic carbocycles. The van der Waals surface area contributed by atoms with E-state index in [1.165, 1.54) is 6.07 Å². The van der Waals surface area contributed by atoms with E-state index in [1.54, 1.807) is 18.2 Å². The number of carboxylic acid groups (broad SMARTS) is 1. The molecule has 0 fully saturated rings. The first kappa shape index (κ1) is 14.3. The Morgan fingerprint density at radius 3 is 2.64 bits per heavy atom. The van der Waals surface area contributed by atoms with Crippen LogP contribution < -0.4 is 0 Å². The number of carboxylic acids is 1. The van der Waals surface area contributed by atoms with E-state index < -0.39 is 11.6 Å². The maximum absolute atomic E-state index is 11.3. The molecule has 1 unspecified atom stereocenters. The summed E-state index contributed by atoms with van der Waals surface area (Å²) in [5.74, 6) is 0.346. The highest BCUT2D eigenvalue weighted by Gasteiger charge is 2.40. The fraction of sp³-hybridized carbons (Fsp3) is 0.312. The molecule has 0 saturated heterocycles. The monoisotopic (exact) mass is 300 g/mol. The predicted octanol–water partition coefficient (Wildman–Crippen LogP) is 3.36. The van der Waals surface area contributed by atoms with E-state index >= 15 is 0 Å². The Hall–Kier alpha value is -2.63. The zero-order valence-corrected chi connectivity index (χ0v) is 12.6. The maximum atomic E-state index is 11.3. The van der Waals surface area contributed by atoms with Gasteiger partial charge in [-0.15, -0.1) is 10.2 Å². The van der Waals surface area contributed by atoms with Gasteiger partial charge < -0.3 is 14.3 Å². The standard InChI is InChI=1S/C16H16N2O4/c1-9-8-16(3,22-10(9)2)15-18-17-13(21-15)11-6-4-5-7-12(11)14(19)20/h4-7H,8H2,1-3H3,(H,19,20). The summed E-state index contributed by atoms with van der Waals surface area (Å²) in [7, 11) is 0. The van der Waals surface area contributed by atoms with E-state index in [1.807, 2.05) is 20.8 Å². The Morgan fingerprint density at radius 1 is 1.27 bits per heavy atom. The lowest BCUT2D eigenvalue weighted by molar-refractivity contribution is 0.0165. The summed E-state index contributed by atoms with van der Waals surface area (Å²) in [5, 5.41) is 17.3. The van der Waals surface area contributed by atoms with Crippen LogP contribution in [0.25, 0.3) is 11.5 Å². The average Bonchev–Trinajstić information content (AvgIpc) is 3.06. The summed E-state index contributed by atoms with van der Waals surface area (Å²) >= 11 is 0. The van der Waals surface area contributed by atoms with Crippen molar-refractivity contribution in [3.8, 4) is 11.5 Å². The predicted molar refractivity (Wildman–Crippen MR) is 78.1 cm³/mol. The third kappa shape index (κ3) is 2.26. The summed E-state index contributed by atoms with van der Waals surface area (Å²) in [5.41, 5.74) is 0.961. The number of rotatable bonds is 3. The van der Waals surface area contributed by atoms with E-state index in [9.17, 15) is 9.90 Å². The highest BCUT2D eigenvalue weighted by atomic mass is 16.5. The molecule has 1 aliphatic rings. The fourth-order valence-electron chi connectivity index (χ4n) is 2.61. The summed E-state index contributed by atoms with van der Waals surface area (Å²) < 4.78 is 11.5. The van der Waals surface area contributed by atoms with Gasteiger partial charge in [0.2, 0.25) is 5.89 Å². The van der Waals surface area contributed by atoms with Crippen LogP contribution >= 0.6 is 0 Å². The lowest BCUT2D eigenvalue weighted by Crippen LogP contribution is -2.21. The van der Waals surface area contributed by atoms with Gasteiger partial charge in [-0.25, -0.2) is 4.79 Å². The zero-order valence-electron chi connectivity index (χ0n) is 12.6. The highest BCUT2D eigenvalue weighted by molar-refractivity contribution is 5.94. The summed E-state index contributed by atoms with van der Waals surface area (Å²) in [6.45, 7) is 5.78. The van der Waals surface area contributed by atoms with Gasteiger partial charge in [-0.05, 0) is 38.5 Å². The van der Waals surface area contributed by atoms with E-state index in [0.29, 0.717) is 17.9 Å². The molecule has 6 heteroatoms. The van der Waals surface area contributed by atoms with Gasteiger partial charge in [0.25, 0.3) is 5.89 Å². The molecule has 1 aromatic carbocycles. The fourth-order valence-corrected chi connectivity index (χ4v) is 2.61. The van der Waals surface area contributed by atoms with E-state index in [-0.39, 0.29) is 11.5 Å². The Morgan fingerprint density at radius 2 is 2.00 bits per heavy atom. The van der Waals surface area contributed by atoms with Crippen molar-refractivity contribution in [2.75, 3.05) is 0 Å². The van der Waals surface area contributed by atoms with E-state index in [4.69, 9.17) is 9.15 Å². The van der Waals surface area contributed by atoms with Crippen molar-refractivity contribution in [2.24, 2.45) is 0 Å². The molecule has 0 amide bonds. The van der Waals surface area contributed by atoms with Gasteiger partial charge in [0, 0.05) is 6.42 Å². The molecule has 0 spiro atoms. The Kier molecular flexibility index (Phi) is 3.24. The van der Waals surface area contributed by atoms with Crippen molar-refractivity contribution in [1.29, 1.82) is 0 Å². The number of ether oxygens (including phenoxy) is 1. The van der Waals surface area contributed by atoms with E-state index in [2.05, 4.69) is 10.2 Å². The summed E-state index contributed by atoms with van der Waals surface area (Å²) in [4.78, 5) is 11.3. The zero-order chi connectivity index (χ0) is 15.9. The van der Waals surface area contributed by atoms with Crippen LogP contribution in [0.3, 0.4) is 0 Å². The van der Waals surface area contributed by atoms with Crippen LogP contribution in [-0.2, 0) is 10.3 Å². The number of hydrogen-bond donors (Lipinski definition) is 1. The average molecular weight is 300 g/mol. The molecule has 3 rings (SSSR count). The van der Waals surface area contributed by atoms with Gasteiger partial charge in [0.05, 0.1) is 16.9 Å². The van der Waals surface area contributed by atoms with Crippen LogP contribution in [0, 0.1) is 0 Å². The SMILES string of the molecule is CC1=C(C)OC(C)(c2nnc(-c3ccccc3C(=O)O)o2)C1. The highest BCUT2D eigenvalue weighted by Crippen LogP contribution is 2.41. The number of aromatic nitrogens is 2. The summed E-state index contributed by atoms with van der Waals surface area (Å²) in [6.07, 6.45) is 0.668. The van der Waals surface area contributed by atoms with Crippen LogP contribution in [0.1, 0.15) is 43.4 Å². The van der Waals surface area contributed by atoms with E-state index in [0.717, 1.165) is 11.3 Å². The van der Waals surface area contributed by atoms with Crippen LogP contribution in [-0.4, -0.2) is 21.3 Å². The molecule has 1 aliphatic heterocycles. The van der Waals surface area contributed by atoms with Crippen molar-refractivity contribution in [3.63, 3.8) is 0 Å². The Balaban J connectivity index is 1.98. The van der Waals surface area contributed by atoms with Gasteiger partial charge in [-0.2, -0.15) is 0 Å². The number of nitrogens with zero attached hydrogens (tertiary/aromatic N) is 2. The van der Waals surface area contributed by atoms with Gasteiger partial charge in [-0.1, -0.05) is 12.1 Å². The quantitative estimate of drug-likeness (QED) is 0.935. The molecule has 114 valence electrons. The second-order valence-electron chi connectivity index (χ2n) is 5.61. The molecule has 2 heterocycles. The van der Waals surface area contributed by atoms with Gasteiger partial charge >= 0.3 is 5.97 Å². The molecule has 0 bridgehead atoms. The largest absolute Gasteiger partial charge is 0.482 e. The van der Waals surface area contributed by atoms with Crippen LogP contribution in [0.15, 0.2) is 40.0 Å². The van der Waals surface area contributed by atoms with Crippen molar-refractivity contribution < 1.29 is 19.1 Å². The van der Waals surface area contributed by atoms with Crippen molar-refractivity contribution in [1.82, 2.24) is 10.2 Å². The summed E-state index contributed by atoms with van der Waals surface area (Å²) in [6, 6.07) is 6.54. The molecule has 0 radical (unpaired) electrons. The van der Waals surface area contributed by atoms with Crippen molar-refractivity contribution in [3.05, 3.63) is 47.1 Å². The number of carbonyl (C=O) groups is 1. The lowest BCUT2D eigenvalue weighted by Gasteiger charge is -2.20. The topological polar surface area (TPSA) is 85.5 Å². The maximum Gasteiger partial charge on any atom is 0.336 e. The number of allylic oxidation sites excluding steroid dienone is 1. The third-order valence-electron chi connectivity index (χ3n) is 3.85. The molecular formula is C16H16N2O4. The minimum atomic E-state index is -1.04. The first-order valence-corrected chi connectivity index (χ1v) is 6.93. The molecule has 1 N–H and O–H groups in total. The molecular weight excluding hydrogens is 284 g/mol. The van der Waals surface area contributed by atoms with Gasteiger partial charge in [0.1, 0.15) is 0 Å². The second kappa shape index (κ2) is 4.98.